The zero-order chi connectivity index (χ0) is 9.84. The number of aromatic nitrogens is 1. The molecule has 0 spiro atoms. The van der Waals surface area contributed by atoms with Crippen molar-refractivity contribution in [2.45, 2.75) is 19.5 Å². The van der Waals surface area contributed by atoms with Crippen LogP contribution in [0.2, 0.25) is 0 Å². The largest absolute Gasteiger partial charge is 0.357 e. The molecule has 1 aromatic rings. The van der Waals surface area contributed by atoms with Gasteiger partial charge in [-0.05, 0) is 18.6 Å². The monoisotopic (exact) mass is 181 g/mol. The first-order valence-electron chi connectivity index (χ1n) is 4.23. The van der Waals surface area contributed by atoms with Crippen LogP contribution in [0.5, 0.6) is 0 Å². The fraction of sp³-hybridized carbons (Fsp3) is 0.444. The van der Waals surface area contributed by atoms with Gasteiger partial charge in [0.15, 0.2) is 0 Å². The van der Waals surface area contributed by atoms with Gasteiger partial charge in [-0.3, -0.25) is 4.79 Å². The van der Waals surface area contributed by atoms with Gasteiger partial charge in [0.05, 0.1) is 6.04 Å². The van der Waals surface area contributed by atoms with Crippen LogP contribution in [0.3, 0.4) is 0 Å². The normalized spacial score (nSPS) is 12.5. The predicted octanol–water partition coefficient (Wildman–Crippen LogP) is -0.0115. The van der Waals surface area contributed by atoms with Crippen molar-refractivity contribution in [3.8, 4) is 0 Å². The fourth-order valence-corrected chi connectivity index (χ4v) is 1.02. The Morgan fingerprint density at radius 2 is 2.46 bits per heavy atom. The summed E-state index contributed by atoms with van der Waals surface area (Å²) in [4.78, 5) is 11.1. The number of aryl methyl sites for hydroxylation is 1. The Labute approximate surface area is 77.7 Å². The van der Waals surface area contributed by atoms with Crippen LogP contribution in [0, 0.1) is 0 Å². The molecule has 13 heavy (non-hydrogen) atoms. The highest BCUT2D eigenvalue weighted by molar-refractivity contribution is 5.80. The lowest BCUT2D eigenvalue weighted by atomic mass is 10.3. The highest BCUT2D eigenvalue weighted by Gasteiger charge is 2.05. The first-order valence-corrected chi connectivity index (χ1v) is 4.23. The highest BCUT2D eigenvalue weighted by Crippen LogP contribution is 1.98. The van der Waals surface area contributed by atoms with E-state index in [0.29, 0.717) is 6.54 Å². The minimum absolute atomic E-state index is 0.121. The predicted molar refractivity (Wildman–Crippen MR) is 50.9 cm³/mol. The first-order chi connectivity index (χ1) is 6.09. The van der Waals surface area contributed by atoms with Gasteiger partial charge >= 0.3 is 0 Å². The average molecular weight is 181 g/mol. The molecule has 1 rings (SSSR count). The second-order valence-electron chi connectivity index (χ2n) is 3.19. The van der Waals surface area contributed by atoms with E-state index in [1.165, 1.54) is 0 Å². The van der Waals surface area contributed by atoms with Crippen molar-refractivity contribution in [1.29, 1.82) is 0 Å². The van der Waals surface area contributed by atoms with E-state index in [4.69, 9.17) is 5.73 Å². The summed E-state index contributed by atoms with van der Waals surface area (Å²) in [7, 11) is 1.94. The summed E-state index contributed by atoms with van der Waals surface area (Å²) in [5.74, 6) is -0.121. The number of rotatable bonds is 3. The number of nitrogens with one attached hydrogen (secondary N) is 1. The summed E-state index contributed by atoms with van der Waals surface area (Å²) in [6.45, 7) is 2.21. The van der Waals surface area contributed by atoms with Crippen LogP contribution in [0.15, 0.2) is 18.5 Å². The lowest BCUT2D eigenvalue weighted by Gasteiger charge is -2.05. The van der Waals surface area contributed by atoms with E-state index in [2.05, 4.69) is 5.32 Å². The number of amides is 1. The Balaban J connectivity index is 2.39. The third-order valence-corrected chi connectivity index (χ3v) is 1.77. The van der Waals surface area contributed by atoms with Crippen molar-refractivity contribution in [3.63, 3.8) is 0 Å². The Hall–Kier alpha value is -1.29. The molecular weight excluding hydrogens is 166 g/mol. The van der Waals surface area contributed by atoms with Gasteiger partial charge in [0.1, 0.15) is 0 Å². The standard InChI is InChI=1S/C9H15N3O/c1-7(10)9(13)11-5-8-3-4-12(2)6-8/h3-4,6-7H,5,10H2,1-2H3,(H,11,13). The van der Waals surface area contributed by atoms with Crippen molar-refractivity contribution < 1.29 is 4.79 Å². The smallest absolute Gasteiger partial charge is 0.236 e. The Morgan fingerprint density at radius 3 is 2.92 bits per heavy atom. The summed E-state index contributed by atoms with van der Waals surface area (Å²) in [6, 6.07) is 1.52. The molecule has 0 saturated carbocycles. The molecule has 1 amide bonds. The summed E-state index contributed by atoms with van der Waals surface area (Å²) in [5.41, 5.74) is 6.47. The molecule has 0 bridgehead atoms. The van der Waals surface area contributed by atoms with Gasteiger partial charge in [-0.15, -0.1) is 0 Å². The first kappa shape index (κ1) is 9.80. The maximum absolute atomic E-state index is 11.1. The number of carbonyl (C=O) groups excluding carboxylic acids is 1. The van der Waals surface area contributed by atoms with Gasteiger partial charge in [-0.25, -0.2) is 0 Å². The quantitative estimate of drug-likeness (QED) is 0.689. The van der Waals surface area contributed by atoms with E-state index in [-0.39, 0.29) is 5.91 Å². The van der Waals surface area contributed by atoms with Crippen LogP contribution >= 0.6 is 0 Å². The molecule has 4 heteroatoms. The lowest BCUT2D eigenvalue weighted by Crippen LogP contribution is -2.37. The fourth-order valence-electron chi connectivity index (χ4n) is 1.02. The second kappa shape index (κ2) is 4.09. The van der Waals surface area contributed by atoms with Gasteiger partial charge in [0.25, 0.3) is 0 Å². The summed E-state index contributed by atoms with van der Waals surface area (Å²) in [5, 5.41) is 2.73. The molecule has 72 valence electrons. The van der Waals surface area contributed by atoms with Gasteiger partial charge in [0, 0.05) is 26.0 Å². The highest BCUT2D eigenvalue weighted by atomic mass is 16.2. The topological polar surface area (TPSA) is 60.1 Å². The van der Waals surface area contributed by atoms with Gasteiger partial charge < -0.3 is 15.6 Å². The third-order valence-electron chi connectivity index (χ3n) is 1.77. The van der Waals surface area contributed by atoms with E-state index in [9.17, 15) is 4.79 Å². The molecule has 0 saturated heterocycles. The minimum Gasteiger partial charge on any atom is -0.357 e. The van der Waals surface area contributed by atoms with E-state index in [1.807, 2.05) is 30.1 Å². The van der Waals surface area contributed by atoms with E-state index in [0.717, 1.165) is 5.56 Å². The second-order valence-corrected chi connectivity index (χ2v) is 3.19. The van der Waals surface area contributed by atoms with E-state index >= 15 is 0 Å². The van der Waals surface area contributed by atoms with Crippen molar-refractivity contribution in [3.05, 3.63) is 24.0 Å². The Kier molecular flexibility index (Phi) is 3.08. The van der Waals surface area contributed by atoms with Crippen molar-refractivity contribution in [2.24, 2.45) is 12.8 Å². The zero-order valence-corrected chi connectivity index (χ0v) is 7.95. The molecule has 0 fully saturated rings. The average Bonchev–Trinajstić information content (AvgIpc) is 2.47. The van der Waals surface area contributed by atoms with Crippen LogP contribution in [0.25, 0.3) is 0 Å². The summed E-state index contributed by atoms with van der Waals surface area (Å²) < 4.78 is 1.94. The maximum Gasteiger partial charge on any atom is 0.236 e. The van der Waals surface area contributed by atoms with Crippen LogP contribution in [0.1, 0.15) is 12.5 Å². The van der Waals surface area contributed by atoms with Crippen LogP contribution in [0.4, 0.5) is 0 Å². The van der Waals surface area contributed by atoms with Gasteiger partial charge in [-0.1, -0.05) is 0 Å². The van der Waals surface area contributed by atoms with Crippen molar-refractivity contribution in [1.82, 2.24) is 9.88 Å². The van der Waals surface area contributed by atoms with Crippen molar-refractivity contribution >= 4 is 5.91 Å². The van der Waals surface area contributed by atoms with Crippen LogP contribution in [-0.2, 0) is 18.4 Å². The minimum atomic E-state index is -0.441. The molecule has 3 N–H and O–H groups in total. The molecule has 1 atom stereocenters. The summed E-state index contributed by atoms with van der Waals surface area (Å²) >= 11 is 0. The van der Waals surface area contributed by atoms with Crippen molar-refractivity contribution in [2.75, 3.05) is 0 Å². The third kappa shape index (κ3) is 2.91. The molecule has 0 radical (unpaired) electrons. The Morgan fingerprint density at radius 1 is 1.77 bits per heavy atom. The maximum atomic E-state index is 11.1. The molecule has 0 aliphatic rings. The number of hydrogen-bond donors (Lipinski definition) is 2. The van der Waals surface area contributed by atoms with Gasteiger partial charge in [-0.2, -0.15) is 0 Å². The van der Waals surface area contributed by atoms with E-state index in [1.54, 1.807) is 6.92 Å². The van der Waals surface area contributed by atoms with E-state index < -0.39 is 6.04 Å². The molecule has 1 aromatic heterocycles. The molecule has 1 heterocycles. The molecule has 0 aliphatic heterocycles. The van der Waals surface area contributed by atoms with Crippen LogP contribution in [-0.4, -0.2) is 16.5 Å². The Bertz CT molecular complexity index is 291. The van der Waals surface area contributed by atoms with Crippen LogP contribution < -0.4 is 11.1 Å². The lowest BCUT2D eigenvalue weighted by molar-refractivity contribution is -0.122. The molecule has 0 aliphatic carbocycles. The molecule has 1 unspecified atom stereocenters. The number of nitrogens with zero attached hydrogens (tertiary/aromatic N) is 1. The molecule has 0 aromatic carbocycles. The number of hydrogen-bond acceptors (Lipinski definition) is 2. The summed E-state index contributed by atoms with van der Waals surface area (Å²) in [6.07, 6.45) is 3.90. The molecule has 4 nitrogen and oxygen atoms in total. The van der Waals surface area contributed by atoms with Gasteiger partial charge in [0.2, 0.25) is 5.91 Å². The zero-order valence-electron chi connectivity index (χ0n) is 7.95. The SMILES string of the molecule is CC(N)C(=O)NCc1ccn(C)c1. The number of carbonyl (C=O) groups is 1. The molecular formula is C9H15N3O. The number of nitrogens with two attached hydrogens (primary N) is 1.